The van der Waals surface area contributed by atoms with Crippen LogP contribution in [-0.4, -0.2) is 34.7 Å². The molecule has 0 unspecified atom stereocenters. The van der Waals surface area contributed by atoms with Crippen LogP contribution < -0.4 is 9.62 Å². The van der Waals surface area contributed by atoms with Crippen molar-refractivity contribution in [2.75, 3.05) is 26.3 Å². The van der Waals surface area contributed by atoms with E-state index in [9.17, 15) is 8.42 Å². The van der Waals surface area contributed by atoms with E-state index in [0.29, 0.717) is 5.02 Å². The molecule has 1 aliphatic heterocycles. The first-order chi connectivity index (χ1) is 12.0. The molecule has 0 bridgehead atoms. The first-order valence-corrected chi connectivity index (χ1v) is 10.1. The van der Waals surface area contributed by atoms with E-state index in [2.05, 4.69) is 10.8 Å². The van der Waals surface area contributed by atoms with Crippen LogP contribution in [-0.2, 0) is 27.8 Å². The quantitative estimate of drug-likeness (QED) is 0.791. The Morgan fingerprint density at radius 1 is 1.04 bits per heavy atom. The van der Waals surface area contributed by atoms with Crippen LogP contribution in [0.15, 0.2) is 53.4 Å². The molecule has 0 amide bonds. The molecular formula is C18H22ClN2O3S+. The number of benzene rings is 2. The van der Waals surface area contributed by atoms with Gasteiger partial charge in [-0.2, -0.15) is 0 Å². The van der Waals surface area contributed by atoms with E-state index < -0.39 is 10.0 Å². The summed E-state index contributed by atoms with van der Waals surface area (Å²) in [6.07, 6.45) is 0. The number of rotatable bonds is 6. The highest BCUT2D eigenvalue weighted by Gasteiger charge is 2.18. The molecule has 1 saturated heterocycles. The Bertz CT molecular complexity index is 821. The van der Waals surface area contributed by atoms with Crippen molar-refractivity contribution in [2.45, 2.75) is 18.0 Å². The zero-order chi connectivity index (χ0) is 17.7. The lowest BCUT2D eigenvalue weighted by atomic mass is 10.1. The van der Waals surface area contributed by atoms with Gasteiger partial charge in [0.25, 0.3) is 0 Å². The average molecular weight is 382 g/mol. The maximum absolute atomic E-state index is 12.5. The Morgan fingerprint density at radius 3 is 2.48 bits per heavy atom. The molecule has 2 aromatic rings. The second-order valence-corrected chi connectivity index (χ2v) is 8.29. The van der Waals surface area contributed by atoms with Crippen molar-refractivity contribution in [3.8, 4) is 0 Å². The zero-order valence-corrected chi connectivity index (χ0v) is 15.4. The van der Waals surface area contributed by atoms with Crippen molar-refractivity contribution >= 4 is 21.6 Å². The van der Waals surface area contributed by atoms with Crippen LogP contribution in [0.25, 0.3) is 0 Å². The topological polar surface area (TPSA) is 59.8 Å². The number of hydrogen-bond acceptors (Lipinski definition) is 3. The molecule has 2 N–H and O–H groups in total. The monoisotopic (exact) mass is 381 g/mol. The van der Waals surface area contributed by atoms with Gasteiger partial charge >= 0.3 is 0 Å². The third-order valence-corrected chi connectivity index (χ3v) is 5.95. The molecule has 0 aromatic heterocycles. The fraction of sp³-hybridized carbons (Fsp3) is 0.333. The largest absolute Gasteiger partial charge is 0.370 e. The Hall–Kier alpha value is -1.44. The summed E-state index contributed by atoms with van der Waals surface area (Å²) in [6.45, 7) is 4.64. The SMILES string of the molecule is O=S(=O)(NCc1ccccc1C[NH+]1CCOCC1)c1cccc(Cl)c1. The van der Waals surface area contributed by atoms with Gasteiger partial charge in [0, 0.05) is 17.1 Å². The molecule has 2 aromatic carbocycles. The van der Waals surface area contributed by atoms with Crippen LogP contribution in [0.4, 0.5) is 0 Å². The van der Waals surface area contributed by atoms with Crippen molar-refractivity contribution < 1.29 is 18.1 Å². The third kappa shape index (κ3) is 5.03. The van der Waals surface area contributed by atoms with Crippen LogP contribution in [0.1, 0.15) is 11.1 Å². The van der Waals surface area contributed by atoms with E-state index in [4.69, 9.17) is 16.3 Å². The lowest BCUT2D eigenvalue weighted by molar-refractivity contribution is -0.921. The van der Waals surface area contributed by atoms with Gasteiger partial charge in [-0.25, -0.2) is 13.1 Å². The van der Waals surface area contributed by atoms with E-state index in [-0.39, 0.29) is 11.4 Å². The first-order valence-electron chi connectivity index (χ1n) is 8.28. The van der Waals surface area contributed by atoms with Gasteiger partial charge in [-0.3, -0.25) is 0 Å². The Balaban J connectivity index is 1.70. The van der Waals surface area contributed by atoms with E-state index >= 15 is 0 Å². The maximum Gasteiger partial charge on any atom is 0.240 e. The van der Waals surface area contributed by atoms with E-state index in [1.165, 1.54) is 17.0 Å². The predicted molar refractivity (Wildman–Crippen MR) is 97.1 cm³/mol. The molecule has 0 saturated carbocycles. The summed E-state index contributed by atoms with van der Waals surface area (Å²) in [5, 5.41) is 0.402. The van der Waals surface area contributed by atoms with Gasteiger partial charge in [-0.05, 0) is 23.8 Å². The first kappa shape index (κ1) is 18.4. The van der Waals surface area contributed by atoms with Crippen LogP contribution in [0.2, 0.25) is 5.02 Å². The fourth-order valence-electron chi connectivity index (χ4n) is 2.90. The second-order valence-electron chi connectivity index (χ2n) is 6.09. The number of sulfonamides is 1. The highest BCUT2D eigenvalue weighted by Crippen LogP contribution is 2.16. The highest BCUT2D eigenvalue weighted by molar-refractivity contribution is 7.89. The standard InChI is InChI=1S/C18H21ClN2O3S/c19-17-6-3-7-18(12-17)25(22,23)20-13-15-4-1-2-5-16(15)14-21-8-10-24-11-9-21/h1-7,12,20H,8-11,13-14H2/p+1. The van der Waals surface area contributed by atoms with Gasteiger partial charge in [0.1, 0.15) is 19.6 Å². The molecule has 0 atom stereocenters. The van der Waals surface area contributed by atoms with Gasteiger partial charge in [-0.1, -0.05) is 41.9 Å². The van der Waals surface area contributed by atoms with Crippen molar-refractivity contribution in [3.05, 3.63) is 64.7 Å². The smallest absolute Gasteiger partial charge is 0.240 e. The van der Waals surface area contributed by atoms with Crippen molar-refractivity contribution in [3.63, 3.8) is 0 Å². The van der Waals surface area contributed by atoms with E-state index in [1.54, 1.807) is 12.1 Å². The summed E-state index contributed by atoms with van der Waals surface area (Å²) >= 11 is 5.90. The van der Waals surface area contributed by atoms with Gasteiger partial charge in [0.2, 0.25) is 10.0 Å². The minimum atomic E-state index is -3.59. The number of quaternary nitrogens is 1. The Morgan fingerprint density at radius 2 is 1.76 bits per heavy atom. The van der Waals surface area contributed by atoms with Crippen LogP contribution in [0.3, 0.4) is 0 Å². The van der Waals surface area contributed by atoms with Crippen LogP contribution in [0, 0.1) is 0 Å². The molecule has 0 spiro atoms. The molecule has 7 heteroatoms. The highest BCUT2D eigenvalue weighted by atomic mass is 35.5. The number of nitrogens with one attached hydrogen (secondary N) is 2. The molecule has 0 radical (unpaired) electrons. The third-order valence-electron chi connectivity index (χ3n) is 4.32. The number of hydrogen-bond donors (Lipinski definition) is 2. The lowest BCUT2D eigenvalue weighted by Crippen LogP contribution is -3.12. The second kappa shape index (κ2) is 8.29. The molecule has 1 heterocycles. The maximum atomic E-state index is 12.5. The minimum absolute atomic E-state index is 0.177. The Kier molecular flexibility index (Phi) is 6.09. The molecule has 5 nitrogen and oxygen atoms in total. The average Bonchev–Trinajstić information content (AvgIpc) is 2.62. The molecule has 0 aliphatic carbocycles. The minimum Gasteiger partial charge on any atom is -0.370 e. The normalized spacial score (nSPS) is 16.0. The van der Waals surface area contributed by atoms with E-state index in [1.807, 2.05) is 18.2 Å². The van der Waals surface area contributed by atoms with Gasteiger partial charge in [0.15, 0.2) is 0 Å². The zero-order valence-electron chi connectivity index (χ0n) is 13.9. The molecule has 134 valence electrons. The van der Waals surface area contributed by atoms with Crippen molar-refractivity contribution in [1.82, 2.24) is 4.72 Å². The summed E-state index contributed by atoms with van der Waals surface area (Å²) < 4.78 is 33.0. The van der Waals surface area contributed by atoms with Crippen LogP contribution in [0.5, 0.6) is 0 Å². The molecule has 3 rings (SSSR count). The number of halogens is 1. The molecule has 25 heavy (non-hydrogen) atoms. The van der Waals surface area contributed by atoms with E-state index in [0.717, 1.165) is 44.0 Å². The van der Waals surface area contributed by atoms with Crippen molar-refractivity contribution in [2.24, 2.45) is 0 Å². The number of morpholine rings is 1. The number of ether oxygens (including phenoxy) is 1. The Labute approximate surface area is 153 Å². The molecular weight excluding hydrogens is 360 g/mol. The molecule has 1 aliphatic rings. The van der Waals surface area contributed by atoms with Crippen LogP contribution >= 0.6 is 11.6 Å². The summed E-state index contributed by atoms with van der Waals surface area (Å²) in [6, 6.07) is 14.2. The fourth-order valence-corrected chi connectivity index (χ4v) is 4.21. The van der Waals surface area contributed by atoms with Gasteiger partial charge in [-0.15, -0.1) is 0 Å². The lowest BCUT2D eigenvalue weighted by Gasteiger charge is -2.24. The summed E-state index contributed by atoms with van der Waals surface area (Å²) in [7, 11) is -3.59. The summed E-state index contributed by atoms with van der Waals surface area (Å²) in [4.78, 5) is 1.63. The van der Waals surface area contributed by atoms with Gasteiger partial charge < -0.3 is 9.64 Å². The van der Waals surface area contributed by atoms with Gasteiger partial charge in [0.05, 0.1) is 18.1 Å². The summed E-state index contributed by atoms with van der Waals surface area (Å²) in [5.41, 5.74) is 2.15. The predicted octanol–water partition coefficient (Wildman–Crippen LogP) is 1.23. The van der Waals surface area contributed by atoms with Crippen molar-refractivity contribution in [1.29, 1.82) is 0 Å². The summed E-state index contributed by atoms with van der Waals surface area (Å²) in [5.74, 6) is 0. The molecule has 1 fully saturated rings.